The fraction of sp³-hybridized carbons (Fsp3) is 0.379. The minimum atomic E-state index is -1.42. The lowest BCUT2D eigenvalue weighted by atomic mass is 9.86. The molecule has 4 aliphatic heterocycles. The van der Waals surface area contributed by atoms with Crippen molar-refractivity contribution < 1.29 is 18.7 Å². The van der Waals surface area contributed by atoms with Gasteiger partial charge in [0.05, 0.1) is 12.1 Å². The van der Waals surface area contributed by atoms with Gasteiger partial charge in [0.1, 0.15) is 5.75 Å². The SMILES string of the molecule is CC(F)Oc1ccccc1[C@H]1CCN2C(=O)c3ccc(-c4cnc(N5CCN6C(=O)NC[C@@H]6C5)nc4)cc3[C@@H]12. The van der Waals surface area contributed by atoms with E-state index in [1.807, 2.05) is 52.5 Å². The number of alkyl halides is 1. The van der Waals surface area contributed by atoms with Crippen LogP contribution in [0, 0.1) is 0 Å². The highest BCUT2D eigenvalue weighted by Crippen LogP contribution is 2.51. The van der Waals surface area contributed by atoms with Gasteiger partial charge in [0.15, 0.2) is 0 Å². The first kappa shape index (κ1) is 23.9. The quantitative estimate of drug-likeness (QED) is 0.543. The molecule has 2 aromatic carbocycles. The minimum Gasteiger partial charge on any atom is -0.460 e. The summed E-state index contributed by atoms with van der Waals surface area (Å²) in [6.07, 6.45) is 3.01. The highest BCUT2D eigenvalue weighted by Gasteiger charge is 2.46. The number of ether oxygens (including phenoxy) is 1. The molecule has 0 spiro atoms. The average Bonchev–Trinajstić information content (AvgIpc) is 3.63. The van der Waals surface area contributed by atoms with Crippen LogP contribution in [0.2, 0.25) is 0 Å². The van der Waals surface area contributed by atoms with Crippen LogP contribution in [0.1, 0.15) is 46.8 Å². The Morgan fingerprint density at radius 1 is 1.00 bits per heavy atom. The Bertz CT molecular complexity index is 1450. The Morgan fingerprint density at radius 3 is 2.64 bits per heavy atom. The molecule has 0 aliphatic carbocycles. The van der Waals surface area contributed by atoms with Crippen LogP contribution in [0.15, 0.2) is 54.9 Å². The van der Waals surface area contributed by atoms with E-state index in [0.717, 1.165) is 28.7 Å². The summed E-state index contributed by atoms with van der Waals surface area (Å²) in [6, 6.07) is 13.5. The zero-order valence-corrected chi connectivity index (χ0v) is 21.6. The van der Waals surface area contributed by atoms with Crippen LogP contribution in [0.3, 0.4) is 0 Å². The zero-order valence-electron chi connectivity index (χ0n) is 21.6. The van der Waals surface area contributed by atoms with Gasteiger partial charge in [-0.2, -0.15) is 0 Å². The van der Waals surface area contributed by atoms with Crippen molar-refractivity contribution in [1.82, 2.24) is 25.1 Å². The van der Waals surface area contributed by atoms with Gasteiger partial charge in [-0.1, -0.05) is 24.3 Å². The Balaban J connectivity index is 1.16. The Morgan fingerprint density at radius 2 is 1.82 bits per heavy atom. The molecular formula is C29H29FN6O3. The summed E-state index contributed by atoms with van der Waals surface area (Å²) in [4.78, 5) is 40.4. The zero-order chi connectivity index (χ0) is 26.7. The second-order valence-corrected chi connectivity index (χ2v) is 10.6. The number of urea groups is 1. The number of para-hydroxylation sites is 1. The van der Waals surface area contributed by atoms with E-state index in [1.54, 1.807) is 6.07 Å². The molecule has 0 radical (unpaired) electrons. The number of piperazine rings is 1. The number of carbonyl (C=O) groups excluding carboxylic acids is 2. The van der Waals surface area contributed by atoms with E-state index < -0.39 is 6.36 Å². The summed E-state index contributed by atoms with van der Waals surface area (Å²) in [5.74, 6) is 1.22. The summed E-state index contributed by atoms with van der Waals surface area (Å²) in [5, 5.41) is 2.90. The summed E-state index contributed by atoms with van der Waals surface area (Å²) in [7, 11) is 0. The van der Waals surface area contributed by atoms with E-state index in [1.165, 1.54) is 6.92 Å². The lowest BCUT2D eigenvalue weighted by Gasteiger charge is -2.36. The Hall–Kier alpha value is -4.21. The first-order valence-corrected chi connectivity index (χ1v) is 13.4. The Labute approximate surface area is 225 Å². The molecule has 3 saturated heterocycles. The van der Waals surface area contributed by atoms with Crippen LogP contribution in [0.5, 0.6) is 5.75 Å². The lowest BCUT2D eigenvalue weighted by Crippen LogP contribution is -2.52. The summed E-state index contributed by atoms with van der Waals surface area (Å²) >= 11 is 0. The van der Waals surface area contributed by atoms with E-state index in [-0.39, 0.29) is 29.9 Å². The van der Waals surface area contributed by atoms with Gasteiger partial charge >= 0.3 is 6.03 Å². The number of nitrogens with one attached hydrogen (secondary N) is 1. The van der Waals surface area contributed by atoms with Gasteiger partial charge < -0.3 is 24.8 Å². The highest BCUT2D eigenvalue weighted by atomic mass is 19.1. The molecular weight excluding hydrogens is 499 g/mol. The van der Waals surface area contributed by atoms with E-state index in [4.69, 9.17) is 4.74 Å². The molecule has 3 fully saturated rings. The number of rotatable bonds is 5. The average molecular weight is 529 g/mol. The molecule has 1 N–H and O–H groups in total. The molecule has 39 heavy (non-hydrogen) atoms. The molecule has 4 atom stereocenters. The maximum absolute atomic E-state index is 13.8. The van der Waals surface area contributed by atoms with Crippen molar-refractivity contribution in [2.45, 2.75) is 37.7 Å². The van der Waals surface area contributed by atoms with E-state index in [0.29, 0.717) is 50.0 Å². The summed E-state index contributed by atoms with van der Waals surface area (Å²) in [5.41, 5.74) is 4.42. The number of halogens is 1. The highest BCUT2D eigenvalue weighted by molar-refractivity contribution is 6.00. The van der Waals surface area contributed by atoms with E-state index in [2.05, 4.69) is 26.3 Å². The number of fused-ring (bicyclic) bond motifs is 4. The van der Waals surface area contributed by atoms with Crippen molar-refractivity contribution >= 4 is 17.9 Å². The third-order valence-corrected chi connectivity index (χ3v) is 8.35. The van der Waals surface area contributed by atoms with Gasteiger partial charge in [-0.15, -0.1) is 0 Å². The number of hydrogen-bond donors (Lipinski definition) is 1. The summed E-state index contributed by atoms with van der Waals surface area (Å²) < 4.78 is 19.3. The fourth-order valence-electron chi connectivity index (χ4n) is 6.56. The van der Waals surface area contributed by atoms with Crippen LogP contribution in [0.25, 0.3) is 11.1 Å². The number of hydrogen-bond acceptors (Lipinski definition) is 6. The third-order valence-electron chi connectivity index (χ3n) is 8.35. The van der Waals surface area contributed by atoms with Crippen molar-refractivity contribution in [2.24, 2.45) is 0 Å². The standard InChI is InChI=1S/C29H29FN6O3/c1-17(30)39-25-5-3-2-4-21(25)22-8-9-36-26(22)24-12-18(6-7-23(24)27(36)37)19-13-31-28(32-14-19)34-10-11-35-20(16-34)15-33-29(35)38/h2-7,12-14,17,20,22,26H,8-11,15-16H2,1H3,(H,33,38)/t17?,20-,22-,26-/m1/s1. The number of amides is 3. The number of aromatic nitrogens is 2. The molecule has 1 unspecified atom stereocenters. The van der Waals surface area contributed by atoms with Gasteiger partial charge in [0, 0.05) is 69.1 Å². The Kier molecular flexibility index (Phi) is 5.64. The first-order valence-electron chi connectivity index (χ1n) is 13.4. The molecule has 200 valence electrons. The van der Waals surface area contributed by atoms with Gasteiger partial charge in [-0.05, 0) is 41.3 Å². The van der Waals surface area contributed by atoms with E-state index >= 15 is 0 Å². The first-order chi connectivity index (χ1) is 19.0. The van der Waals surface area contributed by atoms with Crippen molar-refractivity contribution in [1.29, 1.82) is 0 Å². The van der Waals surface area contributed by atoms with Crippen molar-refractivity contribution in [3.8, 4) is 16.9 Å². The van der Waals surface area contributed by atoms with E-state index in [9.17, 15) is 14.0 Å². The van der Waals surface area contributed by atoms with Gasteiger partial charge in [0.2, 0.25) is 12.3 Å². The topological polar surface area (TPSA) is 90.9 Å². The molecule has 0 saturated carbocycles. The maximum atomic E-state index is 13.8. The molecule has 5 heterocycles. The number of nitrogens with zero attached hydrogens (tertiary/aromatic N) is 5. The molecule has 10 heteroatoms. The predicted molar refractivity (Wildman–Crippen MR) is 142 cm³/mol. The smallest absolute Gasteiger partial charge is 0.317 e. The predicted octanol–water partition coefficient (Wildman–Crippen LogP) is 3.74. The number of benzene rings is 2. The third kappa shape index (κ3) is 3.97. The minimum absolute atomic E-state index is 0.00191. The molecule has 1 aromatic heterocycles. The normalized spacial score (nSPS) is 24.4. The van der Waals surface area contributed by atoms with Crippen molar-refractivity contribution in [3.05, 3.63) is 71.5 Å². The molecule has 3 aromatic rings. The van der Waals surface area contributed by atoms with Gasteiger partial charge in [-0.3, -0.25) is 4.79 Å². The fourth-order valence-corrected chi connectivity index (χ4v) is 6.56. The molecule has 7 rings (SSSR count). The number of anilines is 1. The molecule has 9 nitrogen and oxygen atoms in total. The van der Waals surface area contributed by atoms with Crippen molar-refractivity contribution in [3.63, 3.8) is 0 Å². The molecule has 0 bridgehead atoms. The van der Waals surface area contributed by atoms with Crippen LogP contribution in [-0.4, -0.2) is 76.8 Å². The monoisotopic (exact) mass is 528 g/mol. The van der Waals surface area contributed by atoms with Crippen molar-refractivity contribution in [2.75, 3.05) is 37.6 Å². The maximum Gasteiger partial charge on any atom is 0.317 e. The number of carbonyl (C=O) groups is 2. The second-order valence-electron chi connectivity index (χ2n) is 10.6. The molecule has 4 aliphatic rings. The van der Waals surface area contributed by atoms with Crippen LogP contribution in [0.4, 0.5) is 15.1 Å². The van der Waals surface area contributed by atoms with Gasteiger partial charge in [0.25, 0.3) is 5.91 Å². The second kappa shape index (κ2) is 9.21. The van der Waals surface area contributed by atoms with Crippen LogP contribution < -0.4 is 15.0 Å². The molecule has 3 amide bonds. The van der Waals surface area contributed by atoms with Gasteiger partial charge in [-0.25, -0.2) is 19.2 Å². The van der Waals surface area contributed by atoms with Crippen LogP contribution in [-0.2, 0) is 0 Å². The summed E-state index contributed by atoms with van der Waals surface area (Å²) in [6.45, 7) is 4.70. The lowest BCUT2D eigenvalue weighted by molar-refractivity contribution is 0.0762. The van der Waals surface area contributed by atoms with Crippen LogP contribution >= 0.6 is 0 Å². The largest absolute Gasteiger partial charge is 0.460 e.